The van der Waals surface area contributed by atoms with Crippen LogP contribution in [0.1, 0.15) is 5.56 Å². The van der Waals surface area contributed by atoms with E-state index in [0.717, 1.165) is 17.3 Å². The van der Waals surface area contributed by atoms with Gasteiger partial charge in [0.25, 0.3) is 0 Å². The zero-order chi connectivity index (χ0) is 12.8. The fourth-order valence-electron chi connectivity index (χ4n) is 1.67. The molecule has 0 unspecified atom stereocenters. The maximum atomic E-state index is 5.37. The van der Waals surface area contributed by atoms with E-state index in [1.807, 2.05) is 60.5 Å². The van der Waals surface area contributed by atoms with Gasteiger partial charge in [-0.1, -0.05) is 48.5 Å². The SMILES string of the molecule is CN(Cc1ccccc1)C(=S)Nc1ccccc1. The first-order chi connectivity index (χ1) is 8.75. The van der Waals surface area contributed by atoms with Crippen molar-refractivity contribution in [2.45, 2.75) is 6.54 Å². The third-order valence-corrected chi connectivity index (χ3v) is 3.05. The molecular formula is C15H16N2S. The van der Waals surface area contributed by atoms with Gasteiger partial charge in [-0.05, 0) is 29.9 Å². The van der Waals surface area contributed by atoms with Gasteiger partial charge >= 0.3 is 0 Å². The van der Waals surface area contributed by atoms with Gasteiger partial charge in [0.1, 0.15) is 0 Å². The van der Waals surface area contributed by atoms with Crippen LogP contribution in [0, 0.1) is 0 Å². The number of hydrogen-bond acceptors (Lipinski definition) is 1. The molecule has 0 spiro atoms. The van der Waals surface area contributed by atoms with Gasteiger partial charge in [-0.25, -0.2) is 0 Å². The van der Waals surface area contributed by atoms with Crippen LogP contribution in [-0.4, -0.2) is 17.1 Å². The van der Waals surface area contributed by atoms with Crippen molar-refractivity contribution in [3.63, 3.8) is 0 Å². The maximum Gasteiger partial charge on any atom is 0.173 e. The predicted octanol–water partition coefficient (Wildman–Crippen LogP) is 3.52. The number of para-hydroxylation sites is 1. The normalized spacial score (nSPS) is 9.83. The molecule has 0 aliphatic heterocycles. The van der Waals surface area contributed by atoms with E-state index in [1.165, 1.54) is 5.56 Å². The van der Waals surface area contributed by atoms with Crippen molar-refractivity contribution >= 4 is 23.0 Å². The average Bonchev–Trinajstić information content (AvgIpc) is 2.41. The molecule has 0 aliphatic rings. The molecule has 0 amide bonds. The van der Waals surface area contributed by atoms with E-state index in [-0.39, 0.29) is 0 Å². The smallest absolute Gasteiger partial charge is 0.173 e. The fourth-order valence-corrected chi connectivity index (χ4v) is 1.85. The Morgan fingerprint density at radius 2 is 1.56 bits per heavy atom. The van der Waals surface area contributed by atoms with E-state index in [0.29, 0.717) is 0 Å². The Kier molecular flexibility index (Phi) is 4.31. The number of nitrogens with one attached hydrogen (secondary N) is 1. The Balaban J connectivity index is 1.93. The van der Waals surface area contributed by atoms with Crippen LogP contribution in [0.3, 0.4) is 0 Å². The number of thiocarbonyl (C=S) groups is 1. The summed E-state index contributed by atoms with van der Waals surface area (Å²) in [4.78, 5) is 2.03. The molecule has 0 atom stereocenters. The second-order valence-corrected chi connectivity index (χ2v) is 4.52. The third kappa shape index (κ3) is 3.57. The Morgan fingerprint density at radius 3 is 2.17 bits per heavy atom. The number of hydrogen-bond donors (Lipinski definition) is 1. The molecule has 0 radical (unpaired) electrons. The van der Waals surface area contributed by atoms with Gasteiger partial charge in [-0.15, -0.1) is 0 Å². The monoisotopic (exact) mass is 256 g/mol. The van der Waals surface area contributed by atoms with Crippen molar-refractivity contribution < 1.29 is 0 Å². The number of anilines is 1. The standard InChI is InChI=1S/C15H16N2S/c1-17(12-13-8-4-2-5-9-13)15(18)16-14-10-6-3-7-11-14/h2-11H,12H2,1H3,(H,16,18). The second-order valence-electron chi connectivity index (χ2n) is 4.14. The van der Waals surface area contributed by atoms with Crippen molar-refractivity contribution in [2.24, 2.45) is 0 Å². The lowest BCUT2D eigenvalue weighted by Gasteiger charge is -2.21. The summed E-state index contributed by atoms with van der Waals surface area (Å²) < 4.78 is 0. The van der Waals surface area contributed by atoms with Crippen LogP contribution in [0.5, 0.6) is 0 Å². The highest BCUT2D eigenvalue weighted by molar-refractivity contribution is 7.80. The predicted molar refractivity (Wildman–Crippen MR) is 80.6 cm³/mol. The molecule has 1 N–H and O–H groups in total. The van der Waals surface area contributed by atoms with Crippen LogP contribution in [0.4, 0.5) is 5.69 Å². The van der Waals surface area contributed by atoms with Crippen LogP contribution < -0.4 is 5.32 Å². The first-order valence-electron chi connectivity index (χ1n) is 5.87. The summed E-state index contributed by atoms with van der Waals surface area (Å²) in [5.41, 5.74) is 2.26. The average molecular weight is 256 g/mol. The van der Waals surface area contributed by atoms with Crippen LogP contribution in [0.15, 0.2) is 60.7 Å². The van der Waals surface area contributed by atoms with Gasteiger partial charge in [0.15, 0.2) is 5.11 Å². The largest absolute Gasteiger partial charge is 0.348 e. The Morgan fingerprint density at radius 1 is 1.00 bits per heavy atom. The van der Waals surface area contributed by atoms with E-state index in [4.69, 9.17) is 12.2 Å². The Hall–Kier alpha value is -1.87. The summed E-state index contributed by atoms with van der Waals surface area (Å²) in [5, 5.41) is 3.95. The van der Waals surface area contributed by atoms with Crippen molar-refractivity contribution in [2.75, 3.05) is 12.4 Å². The summed E-state index contributed by atoms with van der Waals surface area (Å²) in [6.07, 6.45) is 0. The number of rotatable bonds is 3. The van der Waals surface area contributed by atoms with Gasteiger partial charge in [-0.2, -0.15) is 0 Å². The maximum absolute atomic E-state index is 5.37. The number of benzene rings is 2. The number of nitrogens with zero attached hydrogens (tertiary/aromatic N) is 1. The lowest BCUT2D eigenvalue weighted by molar-refractivity contribution is 0.508. The second kappa shape index (κ2) is 6.17. The van der Waals surface area contributed by atoms with Crippen molar-refractivity contribution in [3.05, 3.63) is 66.2 Å². The highest BCUT2D eigenvalue weighted by Crippen LogP contribution is 2.08. The van der Waals surface area contributed by atoms with Crippen LogP contribution in [-0.2, 0) is 6.54 Å². The van der Waals surface area contributed by atoms with Gasteiger partial charge < -0.3 is 10.2 Å². The van der Waals surface area contributed by atoms with E-state index < -0.39 is 0 Å². The van der Waals surface area contributed by atoms with Gasteiger partial charge in [0, 0.05) is 19.3 Å². The molecule has 0 saturated carbocycles. The minimum atomic E-state index is 0.727. The van der Waals surface area contributed by atoms with Crippen molar-refractivity contribution in [3.8, 4) is 0 Å². The molecule has 18 heavy (non-hydrogen) atoms. The highest BCUT2D eigenvalue weighted by atomic mass is 32.1. The molecule has 0 heterocycles. The minimum absolute atomic E-state index is 0.727. The van der Waals surface area contributed by atoms with Gasteiger partial charge in [0.05, 0.1) is 0 Å². The quantitative estimate of drug-likeness (QED) is 0.846. The molecule has 0 saturated heterocycles. The van der Waals surface area contributed by atoms with Gasteiger partial charge in [-0.3, -0.25) is 0 Å². The molecule has 0 fully saturated rings. The first-order valence-corrected chi connectivity index (χ1v) is 6.27. The molecule has 0 aromatic heterocycles. The first kappa shape index (κ1) is 12.6. The Labute approximate surface area is 113 Å². The molecule has 92 valence electrons. The lowest BCUT2D eigenvalue weighted by Crippen LogP contribution is -2.30. The summed E-state index contributed by atoms with van der Waals surface area (Å²) in [5.74, 6) is 0. The topological polar surface area (TPSA) is 15.3 Å². The molecule has 2 rings (SSSR count). The summed E-state index contributed by atoms with van der Waals surface area (Å²) >= 11 is 5.37. The van der Waals surface area contributed by atoms with Crippen molar-refractivity contribution in [1.82, 2.24) is 4.90 Å². The Bertz CT molecular complexity index is 496. The molecule has 2 aromatic carbocycles. The van der Waals surface area contributed by atoms with Crippen LogP contribution >= 0.6 is 12.2 Å². The van der Waals surface area contributed by atoms with Crippen LogP contribution in [0.25, 0.3) is 0 Å². The van der Waals surface area contributed by atoms with Gasteiger partial charge in [0.2, 0.25) is 0 Å². The van der Waals surface area contributed by atoms with Crippen molar-refractivity contribution in [1.29, 1.82) is 0 Å². The van der Waals surface area contributed by atoms with E-state index in [1.54, 1.807) is 0 Å². The summed E-state index contributed by atoms with van der Waals surface area (Å²) in [7, 11) is 1.99. The van der Waals surface area contributed by atoms with Crippen LogP contribution in [0.2, 0.25) is 0 Å². The highest BCUT2D eigenvalue weighted by Gasteiger charge is 2.04. The molecule has 2 nitrogen and oxygen atoms in total. The zero-order valence-electron chi connectivity index (χ0n) is 10.3. The summed E-state index contributed by atoms with van der Waals surface area (Å²) in [6.45, 7) is 0.805. The minimum Gasteiger partial charge on any atom is -0.348 e. The molecule has 2 aromatic rings. The molecule has 0 aliphatic carbocycles. The summed E-state index contributed by atoms with van der Waals surface area (Å²) in [6, 6.07) is 20.3. The molecular weight excluding hydrogens is 240 g/mol. The van der Waals surface area contributed by atoms with E-state index in [2.05, 4.69) is 17.4 Å². The van der Waals surface area contributed by atoms with E-state index in [9.17, 15) is 0 Å². The fraction of sp³-hybridized carbons (Fsp3) is 0.133. The zero-order valence-corrected chi connectivity index (χ0v) is 11.2. The molecule has 0 bridgehead atoms. The van der Waals surface area contributed by atoms with E-state index >= 15 is 0 Å². The lowest BCUT2D eigenvalue weighted by atomic mass is 10.2. The third-order valence-electron chi connectivity index (χ3n) is 2.63. The molecule has 3 heteroatoms.